The maximum Gasteiger partial charge on any atom is 0.323 e. The first-order valence-electron chi connectivity index (χ1n) is 6.83. The summed E-state index contributed by atoms with van der Waals surface area (Å²) < 4.78 is 0. The monoisotopic (exact) mass is 322 g/mol. The Bertz CT molecular complexity index is 655. The Kier molecular flexibility index (Phi) is 3.08. The molecule has 2 unspecified atom stereocenters. The van der Waals surface area contributed by atoms with Gasteiger partial charge in [-0.05, 0) is 41.9 Å². The van der Waals surface area contributed by atoms with Crippen LogP contribution in [0.2, 0.25) is 0 Å². The normalized spacial score (nSPS) is 23.8. The van der Waals surface area contributed by atoms with E-state index in [1.54, 1.807) is 0 Å². The van der Waals surface area contributed by atoms with E-state index in [9.17, 15) is 4.79 Å². The van der Waals surface area contributed by atoms with Gasteiger partial charge in [0, 0.05) is 4.83 Å². The fourth-order valence-corrected chi connectivity index (χ4v) is 4.61. The molecule has 0 radical (unpaired) electrons. The van der Waals surface area contributed by atoms with E-state index in [4.69, 9.17) is 0 Å². The van der Waals surface area contributed by atoms with Crippen LogP contribution in [0.5, 0.6) is 0 Å². The summed E-state index contributed by atoms with van der Waals surface area (Å²) in [7, 11) is 0. The highest BCUT2D eigenvalue weighted by molar-refractivity contribution is 9.09. The van der Waals surface area contributed by atoms with Crippen LogP contribution < -0.4 is 5.69 Å². The lowest BCUT2D eigenvalue weighted by molar-refractivity contribution is 0.257. The number of aromatic nitrogens is 2. The molecule has 0 bridgehead atoms. The number of hydrogen-bond acceptors (Lipinski definition) is 1. The summed E-state index contributed by atoms with van der Waals surface area (Å²) >= 11 is 3.88. The van der Waals surface area contributed by atoms with Gasteiger partial charge in [-0.2, -0.15) is 0 Å². The third kappa shape index (κ3) is 2.27. The molecule has 1 saturated carbocycles. The molecular formula is C15H19BrN2O. The average molecular weight is 323 g/mol. The Labute approximate surface area is 120 Å². The van der Waals surface area contributed by atoms with Crippen molar-refractivity contribution in [1.29, 1.82) is 0 Å². The lowest BCUT2D eigenvalue weighted by Crippen LogP contribution is -2.21. The number of H-pyrrole nitrogens is 2. The fraction of sp³-hybridized carbons (Fsp3) is 0.533. The smallest absolute Gasteiger partial charge is 0.306 e. The quantitative estimate of drug-likeness (QED) is 0.803. The second-order valence-electron chi connectivity index (χ2n) is 6.27. The van der Waals surface area contributed by atoms with Crippen LogP contribution >= 0.6 is 15.9 Å². The molecule has 102 valence electrons. The number of hydrogen-bond donors (Lipinski definition) is 2. The molecule has 2 atom stereocenters. The minimum absolute atomic E-state index is 0.139. The van der Waals surface area contributed by atoms with E-state index in [-0.39, 0.29) is 5.69 Å². The van der Waals surface area contributed by atoms with Gasteiger partial charge in [0.25, 0.3) is 0 Å². The highest BCUT2D eigenvalue weighted by Gasteiger charge is 2.39. The zero-order chi connectivity index (χ0) is 13.6. The molecule has 2 aromatic rings. The van der Waals surface area contributed by atoms with Crippen molar-refractivity contribution in [3.63, 3.8) is 0 Å². The zero-order valence-corrected chi connectivity index (χ0v) is 12.9. The molecule has 1 heterocycles. The van der Waals surface area contributed by atoms with Crippen LogP contribution in [0, 0.1) is 11.3 Å². The molecule has 0 aliphatic heterocycles. The van der Waals surface area contributed by atoms with E-state index in [1.807, 2.05) is 6.07 Å². The second kappa shape index (κ2) is 4.51. The van der Waals surface area contributed by atoms with Crippen LogP contribution in [0.3, 0.4) is 0 Å². The zero-order valence-electron chi connectivity index (χ0n) is 11.3. The van der Waals surface area contributed by atoms with Crippen molar-refractivity contribution in [1.82, 2.24) is 9.97 Å². The topological polar surface area (TPSA) is 48.6 Å². The summed E-state index contributed by atoms with van der Waals surface area (Å²) in [4.78, 5) is 17.3. The highest BCUT2D eigenvalue weighted by atomic mass is 79.9. The molecular weight excluding hydrogens is 304 g/mol. The highest BCUT2D eigenvalue weighted by Crippen LogP contribution is 2.51. The SMILES string of the molecule is CC1(C)CCCC1C(Br)c1ccc2[nH]c(=O)[nH]c2c1. The summed E-state index contributed by atoms with van der Waals surface area (Å²) in [6.07, 6.45) is 3.87. The third-order valence-corrected chi connectivity index (χ3v) is 5.72. The van der Waals surface area contributed by atoms with Crippen molar-refractivity contribution in [3.05, 3.63) is 34.2 Å². The molecule has 1 aromatic heterocycles. The van der Waals surface area contributed by atoms with Crippen LogP contribution in [-0.4, -0.2) is 9.97 Å². The van der Waals surface area contributed by atoms with Crippen molar-refractivity contribution < 1.29 is 0 Å². The average Bonchev–Trinajstić information content (AvgIpc) is 2.88. The summed E-state index contributed by atoms with van der Waals surface area (Å²) in [6.45, 7) is 4.71. The minimum atomic E-state index is -0.139. The number of fused-ring (bicyclic) bond motifs is 1. The number of rotatable bonds is 2. The number of benzene rings is 1. The van der Waals surface area contributed by atoms with Crippen molar-refractivity contribution >= 4 is 27.0 Å². The summed E-state index contributed by atoms with van der Waals surface area (Å²) in [6, 6.07) is 6.18. The third-order valence-electron chi connectivity index (χ3n) is 4.55. The molecule has 0 amide bonds. The van der Waals surface area contributed by atoms with Gasteiger partial charge in [-0.1, -0.05) is 42.3 Å². The number of alkyl halides is 1. The number of aromatic amines is 2. The van der Waals surface area contributed by atoms with E-state index < -0.39 is 0 Å². The molecule has 19 heavy (non-hydrogen) atoms. The molecule has 1 aromatic carbocycles. The molecule has 1 aliphatic carbocycles. The maximum absolute atomic E-state index is 11.3. The van der Waals surface area contributed by atoms with Crippen LogP contribution in [0.15, 0.2) is 23.0 Å². The van der Waals surface area contributed by atoms with Gasteiger partial charge < -0.3 is 9.97 Å². The number of imidazole rings is 1. The van der Waals surface area contributed by atoms with Gasteiger partial charge in [-0.25, -0.2) is 4.79 Å². The lowest BCUT2D eigenvalue weighted by Gasteiger charge is -2.31. The van der Waals surface area contributed by atoms with Gasteiger partial charge in [0.05, 0.1) is 11.0 Å². The van der Waals surface area contributed by atoms with Crippen molar-refractivity contribution in [2.45, 2.75) is 37.9 Å². The second-order valence-corrected chi connectivity index (χ2v) is 7.26. The molecule has 4 heteroatoms. The minimum Gasteiger partial charge on any atom is -0.306 e. The van der Waals surface area contributed by atoms with E-state index in [1.165, 1.54) is 24.8 Å². The van der Waals surface area contributed by atoms with Gasteiger partial charge in [-0.3, -0.25) is 0 Å². The first-order chi connectivity index (χ1) is 8.97. The summed E-state index contributed by atoms with van der Waals surface area (Å²) in [5.41, 5.74) is 3.26. The number of nitrogens with one attached hydrogen (secondary N) is 2. The largest absolute Gasteiger partial charge is 0.323 e. The summed E-state index contributed by atoms with van der Waals surface area (Å²) in [5, 5.41) is 0. The van der Waals surface area contributed by atoms with Crippen LogP contribution in [0.1, 0.15) is 43.5 Å². The summed E-state index contributed by atoms with van der Waals surface area (Å²) in [5.74, 6) is 0.649. The van der Waals surface area contributed by atoms with Gasteiger partial charge >= 0.3 is 5.69 Å². The Morgan fingerprint density at radius 1 is 1.32 bits per heavy atom. The number of halogens is 1. The van der Waals surface area contributed by atoms with E-state index in [2.05, 4.69) is 51.9 Å². The van der Waals surface area contributed by atoms with Crippen LogP contribution in [0.25, 0.3) is 11.0 Å². The molecule has 0 saturated heterocycles. The molecule has 1 aliphatic rings. The van der Waals surface area contributed by atoms with Crippen molar-refractivity contribution in [2.24, 2.45) is 11.3 Å². The standard InChI is InChI=1S/C15H19BrN2O/c1-15(2)7-3-4-10(15)13(16)9-5-6-11-12(8-9)18-14(19)17-11/h5-6,8,10,13H,3-4,7H2,1-2H3,(H2,17,18,19). The fourth-order valence-electron chi connectivity index (χ4n) is 3.35. The molecule has 3 nitrogen and oxygen atoms in total. The van der Waals surface area contributed by atoms with E-state index >= 15 is 0 Å². The maximum atomic E-state index is 11.3. The Hall–Kier alpha value is -1.03. The van der Waals surface area contributed by atoms with Crippen molar-refractivity contribution in [2.75, 3.05) is 0 Å². The predicted octanol–water partition coefficient (Wildman–Crippen LogP) is 4.12. The Morgan fingerprint density at radius 2 is 2.05 bits per heavy atom. The molecule has 2 N–H and O–H groups in total. The van der Waals surface area contributed by atoms with Crippen molar-refractivity contribution in [3.8, 4) is 0 Å². The predicted molar refractivity (Wildman–Crippen MR) is 81.7 cm³/mol. The first kappa shape index (κ1) is 13.0. The van der Waals surface area contributed by atoms with Gasteiger partial charge in [-0.15, -0.1) is 0 Å². The Morgan fingerprint density at radius 3 is 2.74 bits per heavy atom. The van der Waals surface area contributed by atoms with Gasteiger partial charge in [0.15, 0.2) is 0 Å². The molecule has 0 spiro atoms. The van der Waals surface area contributed by atoms with Crippen LogP contribution in [-0.2, 0) is 0 Å². The van der Waals surface area contributed by atoms with E-state index in [0.717, 1.165) is 11.0 Å². The molecule has 1 fully saturated rings. The van der Waals surface area contributed by atoms with E-state index in [0.29, 0.717) is 16.2 Å². The first-order valence-corrected chi connectivity index (χ1v) is 7.75. The van der Waals surface area contributed by atoms with Gasteiger partial charge in [0.2, 0.25) is 0 Å². The molecule has 3 rings (SSSR count). The van der Waals surface area contributed by atoms with Gasteiger partial charge in [0.1, 0.15) is 0 Å². The Balaban J connectivity index is 1.97. The lowest BCUT2D eigenvalue weighted by atomic mass is 9.78. The van der Waals surface area contributed by atoms with Crippen LogP contribution in [0.4, 0.5) is 0 Å².